The molecule has 0 aliphatic heterocycles. The summed E-state index contributed by atoms with van der Waals surface area (Å²) in [5, 5.41) is 7.18. The topological polar surface area (TPSA) is 84.3 Å². The Morgan fingerprint density at radius 2 is 1.76 bits per heavy atom. The van der Waals surface area contributed by atoms with E-state index in [-0.39, 0.29) is 28.2 Å². The lowest BCUT2D eigenvalue weighted by Crippen LogP contribution is -2.32. The second-order valence-corrected chi connectivity index (χ2v) is 10.7. The quantitative estimate of drug-likeness (QED) is 0.597. The number of amides is 1. The van der Waals surface area contributed by atoms with Crippen LogP contribution in [-0.2, 0) is 29.9 Å². The van der Waals surface area contributed by atoms with Gasteiger partial charge in [0.25, 0.3) is 15.9 Å². The average Bonchev–Trinajstić information content (AvgIpc) is 3.19. The Morgan fingerprint density at radius 3 is 2.45 bits per heavy atom. The molecule has 2 aromatic carbocycles. The number of hydrogen-bond donors (Lipinski definition) is 1. The molecular weight excluding hydrogens is 436 g/mol. The lowest BCUT2D eigenvalue weighted by Gasteiger charge is -2.22. The Hall–Kier alpha value is -3.13. The molecule has 1 atom stereocenters. The summed E-state index contributed by atoms with van der Waals surface area (Å²) >= 11 is 0. The van der Waals surface area contributed by atoms with E-state index < -0.39 is 10.0 Å². The van der Waals surface area contributed by atoms with E-state index in [2.05, 4.69) is 28.6 Å². The van der Waals surface area contributed by atoms with Crippen molar-refractivity contribution >= 4 is 21.7 Å². The standard InChI is InChI=1S/C25H30N4O3S/c1-17-9-13-22(14-10-17)33(31,32)29(4)25-23(16-26-28(25)3)24(30)27-18(2)20-12-11-19-7-5-6-8-21(19)15-20/h9-16,18H,5-8H2,1-4H3,(H,27,30). The zero-order chi connectivity index (χ0) is 23.8. The van der Waals surface area contributed by atoms with Crippen molar-refractivity contribution in [2.45, 2.75) is 50.5 Å². The molecule has 0 fully saturated rings. The van der Waals surface area contributed by atoms with Crippen molar-refractivity contribution in [1.29, 1.82) is 0 Å². The highest BCUT2D eigenvalue weighted by molar-refractivity contribution is 7.92. The SMILES string of the molecule is Cc1ccc(S(=O)(=O)N(C)c2c(C(=O)NC(C)c3ccc4c(c3)CCCC4)cnn2C)cc1. The molecule has 1 aliphatic carbocycles. The van der Waals surface area contributed by atoms with Crippen LogP contribution in [0.1, 0.15) is 58.4 Å². The molecule has 1 aliphatic rings. The van der Waals surface area contributed by atoms with Gasteiger partial charge in [0.15, 0.2) is 5.82 Å². The molecule has 1 N–H and O–H groups in total. The molecule has 0 bridgehead atoms. The van der Waals surface area contributed by atoms with Crippen LogP contribution in [0.25, 0.3) is 0 Å². The number of nitrogens with zero attached hydrogens (tertiary/aromatic N) is 3. The van der Waals surface area contributed by atoms with E-state index in [1.54, 1.807) is 31.3 Å². The molecule has 1 unspecified atom stereocenters. The summed E-state index contributed by atoms with van der Waals surface area (Å²) in [6, 6.07) is 12.8. The van der Waals surface area contributed by atoms with E-state index in [1.807, 2.05) is 13.8 Å². The maximum absolute atomic E-state index is 13.2. The van der Waals surface area contributed by atoms with E-state index in [0.717, 1.165) is 28.3 Å². The molecule has 0 saturated heterocycles. The van der Waals surface area contributed by atoms with Gasteiger partial charge in [-0.1, -0.05) is 35.9 Å². The summed E-state index contributed by atoms with van der Waals surface area (Å²) in [6.07, 6.45) is 6.00. The monoisotopic (exact) mass is 466 g/mol. The highest BCUT2D eigenvalue weighted by atomic mass is 32.2. The Bertz CT molecular complexity index is 1280. The fraction of sp³-hybridized carbons (Fsp3) is 0.360. The first kappa shape index (κ1) is 23.0. The molecule has 3 aromatic rings. The normalized spacial score (nSPS) is 14.4. The van der Waals surface area contributed by atoms with Gasteiger partial charge in [0.2, 0.25) is 0 Å². The first-order chi connectivity index (χ1) is 15.7. The van der Waals surface area contributed by atoms with E-state index in [1.165, 1.54) is 41.9 Å². The van der Waals surface area contributed by atoms with Gasteiger partial charge in [0.1, 0.15) is 5.56 Å². The maximum atomic E-state index is 13.2. The van der Waals surface area contributed by atoms with Gasteiger partial charge in [-0.25, -0.2) is 8.42 Å². The lowest BCUT2D eigenvalue weighted by molar-refractivity contribution is 0.0940. The third-order valence-corrected chi connectivity index (χ3v) is 8.11. The fourth-order valence-corrected chi connectivity index (χ4v) is 5.57. The minimum atomic E-state index is -3.86. The predicted octanol–water partition coefficient (Wildman–Crippen LogP) is 3.92. The molecule has 0 saturated carbocycles. The van der Waals surface area contributed by atoms with Crippen LogP contribution in [-0.4, -0.2) is 31.2 Å². The number of fused-ring (bicyclic) bond motifs is 1. The van der Waals surface area contributed by atoms with Crippen LogP contribution >= 0.6 is 0 Å². The number of aromatic nitrogens is 2. The smallest absolute Gasteiger partial charge is 0.265 e. The first-order valence-corrected chi connectivity index (χ1v) is 12.6. The number of benzene rings is 2. The Morgan fingerprint density at radius 1 is 1.09 bits per heavy atom. The average molecular weight is 467 g/mol. The third-order valence-electron chi connectivity index (χ3n) is 6.35. The van der Waals surface area contributed by atoms with Gasteiger partial charge in [0, 0.05) is 14.1 Å². The second kappa shape index (κ2) is 9.02. The minimum Gasteiger partial charge on any atom is -0.345 e. The largest absolute Gasteiger partial charge is 0.345 e. The van der Waals surface area contributed by atoms with Gasteiger partial charge in [-0.15, -0.1) is 0 Å². The molecule has 0 radical (unpaired) electrons. The first-order valence-electron chi connectivity index (χ1n) is 11.2. The van der Waals surface area contributed by atoms with Crippen molar-refractivity contribution < 1.29 is 13.2 Å². The minimum absolute atomic E-state index is 0.158. The number of anilines is 1. The van der Waals surface area contributed by atoms with Crippen molar-refractivity contribution in [1.82, 2.24) is 15.1 Å². The summed E-state index contributed by atoms with van der Waals surface area (Å²) in [7, 11) is -0.790. The fourth-order valence-electron chi connectivity index (χ4n) is 4.33. The number of carbonyl (C=O) groups excluding carboxylic acids is 1. The van der Waals surface area contributed by atoms with Crippen molar-refractivity contribution in [3.8, 4) is 0 Å². The summed E-state index contributed by atoms with van der Waals surface area (Å²) in [4.78, 5) is 13.3. The number of rotatable bonds is 6. The van der Waals surface area contributed by atoms with Gasteiger partial charge in [0.05, 0.1) is 17.1 Å². The van der Waals surface area contributed by atoms with E-state index >= 15 is 0 Å². The van der Waals surface area contributed by atoms with Crippen molar-refractivity contribution in [2.24, 2.45) is 7.05 Å². The summed E-state index contributed by atoms with van der Waals surface area (Å²) in [5.41, 5.74) is 4.95. The van der Waals surface area contributed by atoms with Crippen molar-refractivity contribution in [3.05, 3.63) is 76.5 Å². The summed E-state index contributed by atoms with van der Waals surface area (Å²) in [6.45, 7) is 3.83. The summed E-state index contributed by atoms with van der Waals surface area (Å²) in [5.74, 6) is -0.153. The van der Waals surface area contributed by atoms with Crippen LogP contribution < -0.4 is 9.62 Å². The van der Waals surface area contributed by atoms with Gasteiger partial charge >= 0.3 is 0 Å². The molecular formula is C25H30N4O3S. The van der Waals surface area contributed by atoms with Crippen LogP contribution in [0.5, 0.6) is 0 Å². The van der Waals surface area contributed by atoms with Gasteiger partial charge < -0.3 is 5.32 Å². The highest BCUT2D eigenvalue weighted by Gasteiger charge is 2.29. The van der Waals surface area contributed by atoms with Crippen LogP contribution in [0.2, 0.25) is 0 Å². The third kappa shape index (κ3) is 4.53. The Balaban J connectivity index is 1.58. The van der Waals surface area contributed by atoms with Crippen molar-refractivity contribution in [2.75, 3.05) is 11.4 Å². The van der Waals surface area contributed by atoms with Crippen molar-refractivity contribution in [3.63, 3.8) is 0 Å². The molecule has 1 aromatic heterocycles. The molecule has 1 amide bonds. The zero-order valence-corrected chi connectivity index (χ0v) is 20.3. The highest BCUT2D eigenvalue weighted by Crippen LogP contribution is 2.28. The second-order valence-electron chi connectivity index (χ2n) is 8.72. The van der Waals surface area contributed by atoms with Crippen LogP contribution in [0.3, 0.4) is 0 Å². The van der Waals surface area contributed by atoms with E-state index in [0.29, 0.717) is 0 Å². The molecule has 174 valence electrons. The van der Waals surface area contributed by atoms with Crippen LogP contribution in [0, 0.1) is 6.92 Å². The Labute approximate surface area is 195 Å². The molecule has 7 nitrogen and oxygen atoms in total. The number of sulfonamides is 1. The number of hydrogen-bond acceptors (Lipinski definition) is 4. The van der Waals surface area contributed by atoms with Gasteiger partial charge in [-0.3, -0.25) is 13.8 Å². The molecule has 4 rings (SSSR count). The number of nitrogens with one attached hydrogen (secondary N) is 1. The predicted molar refractivity (Wildman–Crippen MR) is 129 cm³/mol. The van der Waals surface area contributed by atoms with Crippen LogP contribution in [0.4, 0.5) is 5.82 Å². The molecule has 8 heteroatoms. The molecule has 33 heavy (non-hydrogen) atoms. The Kier molecular flexibility index (Phi) is 6.30. The number of carbonyl (C=O) groups is 1. The number of aryl methyl sites for hydroxylation is 4. The van der Waals surface area contributed by atoms with Gasteiger partial charge in [-0.2, -0.15) is 5.10 Å². The maximum Gasteiger partial charge on any atom is 0.265 e. The molecule has 0 spiro atoms. The zero-order valence-electron chi connectivity index (χ0n) is 19.5. The van der Waals surface area contributed by atoms with E-state index in [9.17, 15) is 13.2 Å². The summed E-state index contributed by atoms with van der Waals surface area (Å²) < 4.78 is 28.9. The lowest BCUT2D eigenvalue weighted by atomic mass is 9.89. The van der Waals surface area contributed by atoms with Crippen LogP contribution in [0.15, 0.2) is 53.6 Å². The molecule has 1 heterocycles. The van der Waals surface area contributed by atoms with E-state index in [4.69, 9.17) is 0 Å². The van der Waals surface area contributed by atoms with Gasteiger partial charge in [-0.05, 0) is 68.4 Å².